The van der Waals surface area contributed by atoms with Crippen molar-refractivity contribution in [1.29, 1.82) is 0 Å². The van der Waals surface area contributed by atoms with Gasteiger partial charge in [0.05, 0.1) is 24.1 Å². The van der Waals surface area contributed by atoms with Gasteiger partial charge in [-0.15, -0.1) is 0 Å². The second-order valence-corrected chi connectivity index (χ2v) is 19.4. The summed E-state index contributed by atoms with van der Waals surface area (Å²) in [5.74, 6) is -6.06. The van der Waals surface area contributed by atoms with Gasteiger partial charge in [-0.1, -0.05) is 71.1 Å². The van der Waals surface area contributed by atoms with Crippen molar-refractivity contribution in [2.24, 2.45) is 35.5 Å². The molecule has 0 spiro atoms. The molecule has 3 heterocycles. The van der Waals surface area contributed by atoms with Gasteiger partial charge >= 0.3 is 5.97 Å². The number of cyclic esters (lactones) is 1. The number of hydrogen-bond acceptors (Lipinski definition) is 13. The van der Waals surface area contributed by atoms with Crippen LogP contribution in [0.25, 0.3) is 0 Å². The lowest BCUT2D eigenvalue weighted by molar-refractivity contribution is -0.275. The number of aliphatic hydroxyl groups is 4. The highest BCUT2D eigenvalue weighted by Gasteiger charge is 2.53. The van der Waals surface area contributed by atoms with Crippen LogP contribution in [0.4, 0.5) is 0 Å². The van der Waals surface area contributed by atoms with Crippen molar-refractivity contribution < 1.29 is 63.3 Å². The molecule has 0 aromatic heterocycles. The summed E-state index contributed by atoms with van der Waals surface area (Å²) in [7, 11) is 4.50. The van der Waals surface area contributed by atoms with Crippen molar-refractivity contribution in [2.75, 3.05) is 27.9 Å². The minimum absolute atomic E-state index is 0.0169. The average molecular weight is 914 g/mol. The number of esters is 1. The zero-order chi connectivity index (χ0) is 48.2. The second kappa shape index (κ2) is 25.0. The first-order valence-corrected chi connectivity index (χ1v) is 23.8. The van der Waals surface area contributed by atoms with Crippen molar-refractivity contribution in [3.8, 4) is 0 Å². The Bertz CT molecular complexity index is 1770. The Kier molecular flexibility index (Phi) is 20.8. The van der Waals surface area contributed by atoms with Crippen LogP contribution < -0.4 is 0 Å². The summed E-state index contributed by atoms with van der Waals surface area (Å²) in [5.41, 5.74) is 1.22. The van der Waals surface area contributed by atoms with E-state index < -0.39 is 78.1 Å². The van der Waals surface area contributed by atoms with E-state index in [2.05, 4.69) is 0 Å². The summed E-state index contributed by atoms with van der Waals surface area (Å²) < 4.78 is 29.3. The molecule has 4 rings (SSSR count). The van der Waals surface area contributed by atoms with Crippen LogP contribution in [0.2, 0.25) is 0 Å². The molecular weight excluding hydrogens is 835 g/mol. The Morgan fingerprint density at radius 3 is 2.26 bits per heavy atom. The van der Waals surface area contributed by atoms with Gasteiger partial charge in [0, 0.05) is 58.5 Å². The highest BCUT2D eigenvalue weighted by atomic mass is 16.6. The van der Waals surface area contributed by atoms with Crippen LogP contribution in [0, 0.1) is 35.5 Å². The van der Waals surface area contributed by atoms with Gasteiger partial charge < -0.3 is 49.0 Å². The molecule has 2 bridgehead atoms. The van der Waals surface area contributed by atoms with Crippen LogP contribution in [-0.4, -0.2) is 131 Å². The fraction of sp³-hybridized carbons (Fsp3) is 0.725. The number of carbonyl (C=O) groups excluding carboxylic acids is 4. The lowest BCUT2D eigenvalue weighted by Crippen LogP contribution is -2.61. The molecule has 366 valence electrons. The van der Waals surface area contributed by atoms with Crippen LogP contribution in [0.3, 0.4) is 0 Å². The maximum atomic E-state index is 14.4. The van der Waals surface area contributed by atoms with E-state index >= 15 is 0 Å². The largest absolute Gasteiger partial charge is 0.463 e. The highest BCUT2D eigenvalue weighted by Crippen LogP contribution is 2.39. The molecule has 0 aromatic carbocycles. The van der Waals surface area contributed by atoms with E-state index in [9.17, 15) is 39.6 Å². The van der Waals surface area contributed by atoms with E-state index in [-0.39, 0.29) is 54.8 Å². The van der Waals surface area contributed by atoms with Gasteiger partial charge in [-0.05, 0) is 107 Å². The molecule has 1 amide bonds. The predicted octanol–water partition coefficient (Wildman–Crippen LogP) is 6.10. The molecule has 0 aromatic rings. The standard InChI is InChI=1S/C51H79NO13/c1-30-16-12-11-13-17-31(2)42(61-8)28-38-21-19-36(7)51(60,65-38)48(57)49(58)52-23-15-14-18-39(52)50(59)64-43(33(4)26-37-20-22-40(53)44(27-37)62-9)29-41(54)32(3)25-35(6)46(56)47(63-10)45(55)34(5)24-30/h11-13,16-17,25,28,30,32-34,36-37,39-40,42-44,46-48,53,56-57,60H,14-15,18-24,26-27,29H2,1-10H3/b13-11-,16-12-,31-17-,35-25-,38-28-/t30-,32-,33-,34-,36-,37+,39?,40-,42+,43+,44-,46-,47+,48?,51-/m1/s1. The zero-order valence-electron chi connectivity index (χ0n) is 40.5. The summed E-state index contributed by atoms with van der Waals surface area (Å²) in [4.78, 5) is 57.8. The third-order valence-corrected chi connectivity index (χ3v) is 14.3. The number of hydrogen-bond donors (Lipinski definition) is 4. The second-order valence-electron chi connectivity index (χ2n) is 19.4. The normalized spacial score (nSPS) is 41.0. The number of methoxy groups -OCH3 is 3. The first-order chi connectivity index (χ1) is 30.7. The number of nitrogens with zero attached hydrogens (tertiary/aromatic N) is 1. The molecule has 2 unspecified atom stereocenters. The fourth-order valence-electron chi connectivity index (χ4n) is 9.89. The molecule has 1 saturated carbocycles. The Morgan fingerprint density at radius 1 is 0.862 bits per heavy atom. The van der Waals surface area contributed by atoms with Gasteiger partial charge in [0.2, 0.25) is 5.79 Å². The number of fused-ring (bicyclic) bond motifs is 3. The number of ether oxygens (including phenoxy) is 5. The third-order valence-electron chi connectivity index (χ3n) is 14.3. The van der Waals surface area contributed by atoms with Gasteiger partial charge in [0.1, 0.15) is 30.1 Å². The first-order valence-electron chi connectivity index (χ1n) is 23.8. The Morgan fingerprint density at radius 2 is 1.58 bits per heavy atom. The SMILES string of the molecule is CO[C@H]1/C=C2/CC[C@@H](C)[C@@](O)(O2)C(O)C(=O)N2CCCCC2C(=O)O[C@H]([C@H](C)C[C@@H]2CC[C@@H](O)[C@H](OC)C2)CC(=O)[C@H](C)/C=C(/C)[C@@H](O)[C@@H](OC)C(=O)[C@H](C)C[C@H](C)\C=C/C=C\C=C/1C. The van der Waals surface area contributed by atoms with E-state index in [0.717, 1.165) is 12.0 Å². The van der Waals surface area contributed by atoms with Crippen LogP contribution in [-0.2, 0) is 42.9 Å². The van der Waals surface area contributed by atoms with E-state index in [4.69, 9.17) is 23.7 Å². The topological polar surface area (TPSA) is 199 Å². The summed E-state index contributed by atoms with van der Waals surface area (Å²) in [6, 6.07) is -1.09. The molecule has 3 fully saturated rings. The predicted molar refractivity (Wildman–Crippen MR) is 246 cm³/mol. The number of rotatable bonds is 6. The molecule has 2 saturated heterocycles. The Balaban J connectivity index is 1.72. The van der Waals surface area contributed by atoms with Crippen molar-refractivity contribution in [1.82, 2.24) is 4.90 Å². The molecule has 4 N–H and O–H groups in total. The number of piperidine rings is 1. The van der Waals surface area contributed by atoms with E-state index in [1.807, 2.05) is 58.1 Å². The van der Waals surface area contributed by atoms with E-state index in [1.54, 1.807) is 47.1 Å². The van der Waals surface area contributed by atoms with Crippen LogP contribution >= 0.6 is 0 Å². The minimum Gasteiger partial charge on any atom is -0.463 e. The molecule has 65 heavy (non-hydrogen) atoms. The van der Waals surface area contributed by atoms with Gasteiger partial charge in [0.15, 0.2) is 11.9 Å². The number of allylic oxidation sites excluding steroid dienone is 7. The lowest BCUT2D eigenvalue weighted by Gasteiger charge is -2.44. The average Bonchev–Trinajstić information content (AvgIpc) is 3.28. The van der Waals surface area contributed by atoms with Gasteiger partial charge in [0.25, 0.3) is 5.91 Å². The molecule has 14 heteroatoms. The van der Waals surface area contributed by atoms with Gasteiger partial charge in [-0.25, -0.2) is 4.79 Å². The number of amides is 1. The molecule has 15 atom stereocenters. The summed E-state index contributed by atoms with van der Waals surface area (Å²) in [6.45, 7) is 12.8. The molecule has 14 nitrogen and oxygen atoms in total. The number of carbonyl (C=O) groups is 4. The van der Waals surface area contributed by atoms with Gasteiger partial charge in [-0.3, -0.25) is 14.4 Å². The van der Waals surface area contributed by atoms with Crippen molar-refractivity contribution in [3.05, 3.63) is 59.4 Å². The van der Waals surface area contributed by atoms with Crippen molar-refractivity contribution in [3.63, 3.8) is 0 Å². The van der Waals surface area contributed by atoms with Crippen LogP contribution in [0.15, 0.2) is 59.4 Å². The van der Waals surface area contributed by atoms with Gasteiger partial charge in [-0.2, -0.15) is 0 Å². The summed E-state index contributed by atoms with van der Waals surface area (Å²) in [6.07, 6.45) is 11.0. The van der Waals surface area contributed by atoms with E-state index in [1.165, 1.54) is 12.0 Å². The molecule has 0 radical (unpaired) electrons. The monoisotopic (exact) mass is 914 g/mol. The first kappa shape index (κ1) is 54.1. The maximum Gasteiger partial charge on any atom is 0.329 e. The molecule has 3 aliphatic heterocycles. The summed E-state index contributed by atoms with van der Waals surface area (Å²) in [5, 5.41) is 45.6. The number of ketones is 2. The maximum absolute atomic E-state index is 14.4. The van der Waals surface area contributed by atoms with Crippen LogP contribution in [0.1, 0.15) is 119 Å². The lowest BCUT2D eigenvalue weighted by atomic mass is 9.78. The molecular formula is C51H79NO13. The fourth-order valence-corrected chi connectivity index (χ4v) is 9.89. The Hall–Kier alpha value is -3.50. The summed E-state index contributed by atoms with van der Waals surface area (Å²) >= 11 is 0. The van der Waals surface area contributed by atoms with E-state index in [0.29, 0.717) is 62.7 Å². The molecule has 1 aliphatic carbocycles. The highest BCUT2D eigenvalue weighted by molar-refractivity contribution is 5.89. The zero-order valence-corrected chi connectivity index (χ0v) is 40.5. The smallest absolute Gasteiger partial charge is 0.329 e. The number of Topliss-reactive ketones (excluding diaryl/α,β-unsaturated/α-hetero) is 2. The number of aliphatic hydroxyl groups excluding tert-OH is 3. The van der Waals surface area contributed by atoms with Crippen LogP contribution in [0.5, 0.6) is 0 Å². The molecule has 4 aliphatic rings. The minimum atomic E-state index is -2.30. The third kappa shape index (κ3) is 14.3. The van der Waals surface area contributed by atoms with Crippen molar-refractivity contribution in [2.45, 2.75) is 174 Å². The quantitative estimate of drug-likeness (QED) is 0.176. The van der Waals surface area contributed by atoms with Crippen molar-refractivity contribution >= 4 is 23.4 Å². The Labute approximate surface area is 387 Å².